The molecular formula is C19H20N6O2. The Morgan fingerprint density at radius 3 is 3.15 bits per heavy atom. The van der Waals surface area contributed by atoms with Gasteiger partial charge in [0, 0.05) is 30.8 Å². The molecule has 1 aliphatic heterocycles. The van der Waals surface area contributed by atoms with Gasteiger partial charge in [0.15, 0.2) is 0 Å². The van der Waals surface area contributed by atoms with E-state index in [-0.39, 0.29) is 6.04 Å². The zero-order valence-corrected chi connectivity index (χ0v) is 15.0. The number of aromatic amines is 1. The van der Waals surface area contributed by atoms with Crippen molar-refractivity contribution in [2.45, 2.75) is 18.9 Å². The van der Waals surface area contributed by atoms with Crippen LogP contribution in [0.3, 0.4) is 0 Å². The number of anilines is 1. The Morgan fingerprint density at radius 1 is 1.33 bits per heavy atom. The number of ether oxygens (including phenoxy) is 2. The van der Waals surface area contributed by atoms with Crippen molar-refractivity contribution in [3.63, 3.8) is 0 Å². The Hall–Kier alpha value is -3.13. The minimum Gasteiger partial charge on any atom is -0.480 e. The quantitative estimate of drug-likeness (QED) is 0.579. The molecule has 5 heterocycles. The lowest BCUT2D eigenvalue weighted by molar-refractivity contribution is 0.0874. The third-order valence-electron chi connectivity index (χ3n) is 4.90. The summed E-state index contributed by atoms with van der Waals surface area (Å²) in [6.45, 7) is 1.49. The number of pyridine rings is 1. The van der Waals surface area contributed by atoms with Crippen LogP contribution < -0.4 is 10.1 Å². The van der Waals surface area contributed by atoms with Gasteiger partial charge in [-0.3, -0.25) is 0 Å². The van der Waals surface area contributed by atoms with Crippen molar-refractivity contribution in [2.24, 2.45) is 0 Å². The summed E-state index contributed by atoms with van der Waals surface area (Å²) in [5, 5.41) is 8.47. The van der Waals surface area contributed by atoms with Crippen molar-refractivity contribution in [2.75, 3.05) is 25.6 Å². The number of hydrogen-bond donors (Lipinski definition) is 2. The van der Waals surface area contributed by atoms with E-state index in [1.807, 2.05) is 29.0 Å². The van der Waals surface area contributed by atoms with Gasteiger partial charge in [-0.1, -0.05) is 0 Å². The molecule has 0 aromatic carbocycles. The molecule has 0 amide bonds. The zero-order chi connectivity index (χ0) is 18.2. The third kappa shape index (κ3) is 2.87. The standard InChI is InChI=1S/C19H20N6O2/c1-26-18-16-15(12-5-7-25-14(9-12)4-6-21-25)10-20-17(16)23-19(24-18)22-13-3-2-8-27-11-13/h4-7,9-10,13H,2-3,8,11H2,1H3,(H2,20,22,23,24). The van der Waals surface area contributed by atoms with Crippen LogP contribution in [0.4, 0.5) is 5.95 Å². The van der Waals surface area contributed by atoms with Gasteiger partial charge in [0.2, 0.25) is 11.8 Å². The topological polar surface area (TPSA) is 89.4 Å². The highest BCUT2D eigenvalue weighted by atomic mass is 16.5. The highest BCUT2D eigenvalue weighted by Crippen LogP contribution is 2.34. The molecule has 4 aromatic heterocycles. The highest BCUT2D eigenvalue weighted by Gasteiger charge is 2.19. The Kier molecular flexibility index (Phi) is 3.90. The molecular weight excluding hydrogens is 344 g/mol. The molecule has 0 saturated carbocycles. The van der Waals surface area contributed by atoms with Gasteiger partial charge in [-0.2, -0.15) is 15.1 Å². The number of nitrogens with one attached hydrogen (secondary N) is 2. The first-order chi connectivity index (χ1) is 13.3. The molecule has 8 nitrogen and oxygen atoms in total. The Labute approximate surface area is 155 Å². The fourth-order valence-electron chi connectivity index (χ4n) is 3.57. The normalized spacial score (nSPS) is 17.4. The van der Waals surface area contributed by atoms with Crippen molar-refractivity contribution in [1.29, 1.82) is 0 Å². The maximum atomic E-state index is 5.59. The van der Waals surface area contributed by atoms with Crippen LogP contribution in [0.15, 0.2) is 36.8 Å². The SMILES string of the molecule is COc1nc(NC2CCCOC2)nc2[nH]cc(-c3ccn4nccc4c3)c12. The minimum absolute atomic E-state index is 0.222. The largest absolute Gasteiger partial charge is 0.480 e. The van der Waals surface area contributed by atoms with E-state index in [4.69, 9.17) is 9.47 Å². The molecule has 0 radical (unpaired) electrons. The van der Waals surface area contributed by atoms with Crippen molar-refractivity contribution in [1.82, 2.24) is 24.6 Å². The van der Waals surface area contributed by atoms with Gasteiger partial charge < -0.3 is 19.8 Å². The zero-order valence-electron chi connectivity index (χ0n) is 15.0. The minimum atomic E-state index is 0.222. The monoisotopic (exact) mass is 364 g/mol. The summed E-state index contributed by atoms with van der Waals surface area (Å²) in [5.41, 5.74) is 3.82. The average molecular weight is 364 g/mol. The van der Waals surface area contributed by atoms with Crippen LogP contribution in [-0.4, -0.2) is 50.9 Å². The summed E-state index contributed by atoms with van der Waals surface area (Å²) >= 11 is 0. The van der Waals surface area contributed by atoms with E-state index in [0.29, 0.717) is 18.4 Å². The number of H-pyrrole nitrogens is 1. The Bertz CT molecular complexity index is 1100. The molecule has 1 fully saturated rings. The van der Waals surface area contributed by atoms with Crippen LogP contribution in [0.1, 0.15) is 12.8 Å². The van der Waals surface area contributed by atoms with E-state index in [1.165, 1.54) is 0 Å². The van der Waals surface area contributed by atoms with Gasteiger partial charge >= 0.3 is 0 Å². The number of nitrogens with zero attached hydrogens (tertiary/aromatic N) is 4. The molecule has 138 valence electrons. The fraction of sp³-hybridized carbons (Fsp3) is 0.316. The molecule has 2 N–H and O–H groups in total. The molecule has 0 aliphatic carbocycles. The van der Waals surface area contributed by atoms with E-state index in [1.54, 1.807) is 13.3 Å². The molecule has 8 heteroatoms. The maximum absolute atomic E-state index is 5.59. The van der Waals surface area contributed by atoms with E-state index in [0.717, 1.165) is 47.1 Å². The molecule has 4 aromatic rings. The first-order valence-electron chi connectivity index (χ1n) is 9.03. The van der Waals surface area contributed by atoms with E-state index in [9.17, 15) is 0 Å². The lowest BCUT2D eigenvalue weighted by Gasteiger charge is -2.23. The van der Waals surface area contributed by atoms with Crippen molar-refractivity contribution in [3.8, 4) is 17.0 Å². The number of methoxy groups -OCH3 is 1. The van der Waals surface area contributed by atoms with Crippen molar-refractivity contribution >= 4 is 22.5 Å². The first-order valence-corrected chi connectivity index (χ1v) is 9.03. The molecule has 1 atom stereocenters. The lowest BCUT2D eigenvalue weighted by atomic mass is 10.1. The molecule has 27 heavy (non-hydrogen) atoms. The van der Waals surface area contributed by atoms with E-state index < -0.39 is 0 Å². The second-order valence-corrected chi connectivity index (χ2v) is 6.66. The van der Waals surface area contributed by atoms with Crippen LogP contribution in [-0.2, 0) is 4.74 Å². The smallest absolute Gasteiger partial charge is 0.228 e. The first kappa shape index (κ1) is 16.1. The Morgan fingerprint density at radius 2 is 2.30 bits per heavy atom. The fourth-order valence-corrected chi connectivity index (χ4v) is 3.57. The number of rotatable bonds is 4. The molecule has 1 unspecified atom stereocenters. The van der Waals surface area contributed by atoms with Gasteiger partial charge in [-0.25, -0.2) is 4.52 Å². The summed E-state index contributed by atoms with van der Waals surface area (Å²) in [4.78, 5) is 12.5. The molecule has 0 bridgehead atoms. The van der Waals surface area contributed by atoms with Crippen LogP contribution >= 0.6 is 0 Å². The molecule has 1 saturated heterocycles. The van der Waals surface area contributed by atoms with Gasteiger partial charge in [-0.05, 0) is 36.6 Å². The Balaban J connectivity index is 1.56. The second-order valence-electron chi connectivity index (χ2n) is 6.66. The number of aromatic nitrogens is 5. The highest BCUT2D eigenvalue weighted by molar-refractivity contribution is 5.98. The third-order valence-corrected chi connectivity index (χ3v) is 4.90. The predicted molar refractivity (Wildman–Crippen MR) is 102 cm³/mol. The van der Waals surface area contributed by atoms with Crippen LogP contribution in [0.25, 0.3) is 27.7 Å². The second kappa shape index (κ2) is 6.55. The van der Waals surface area contributed by atoms with Gasteiger partial charge in [0.05, 0.1) is 30.7 Å². The summed E-state index contributed by atoms with van der Waals surface area (Å²) < 4.78 is 12.9. The maximum Gasteiger partial charge on any atom is 0.228 e. The van der Waals surface area contributed by atoms with Crippen molar-refractivity contribution < 1.29 is 9.47 Å². The lowest BCUT2D eigenvalue weighted by Crippen LogP contribution is -2.30. The summed E-state index contributed by atoms with van der Waals surface area (Å²) in [6.07, 6.45) is 7.75. The van der Waals surface area contributed by atoms with Crippen molar-refractivity contribution in [3.05, 3.63) is 36.8 Å². The predicted octanol–water partition coefficient (Wildman–Crippen LogP) is 2.87. The molecule has 0 spiro atoms. The van der Waals surface area contributed by atoms with Crippen LogP contribution in [0.2, 0.25) is 0 Å². The summed E-state index contributed by atoms with van der Waals surface area (Å²) in [5.74, 6) is 1.10. The van der Waals surface area contributed by atoms with E-state index >= 15 is 0 Å². The average Bonchev–Trinajstić information content (AvgIpc) is 3.34. The van der Waals surface area contributed by atoms with Gasteiger partial charge in [-0.15, -0.1) is 0 Å². The molecule has 5 rings (SSSR count). The summed E-state index contributed by atoms with van der Waals surface area (Å²) in [6, 6.07) is 6.30. The van der Waals surface area contributed by atoms with Gasteiger partial charge in [0.1, 0.15) is 5.65 Å². The van der Waals surface area contributed by atoms with Crippen LogP contribution in [0.5, 0.6) is 5.88 Å². The summed E-state index contributed by atoms with van der Waals surface area (Å²) in [7, 11) is 1.63. The number of hydrogen-bond acceptors (Lipinski definition) is 6. The molecule has 1 aliphatic rings. The van der Waals surface area contributed by atoms with Gasteiger partial charge in [0.25, 0.3) is 0 Å². The van der Waals surface area contributed by atoms with E-state index in [2.05, 4.69) is 31.4 Å². The number of fused-ring (bicyclic) bond motifs is 2. The van der Waals surface area contributed by atoms with Crippen LogP contribution in [0, 0.1) is 0 Å².